The van der Waals surface area contributed by atoms with Gasteiger partial charge in [0.25, 0.3) is 0 Å². The van der Waals surface area contributed by atoms with Gasteiger partial charge in [0.2, 0.25) is 0 Å². The molecule has 0 spiro atoms. The lowest BCUT2D eigenvalue weighted by Gasteiger charge is -2.29. The number of rotatable bonds is 3. The van der Waals surface area contributed by atoms with Crippen LogP contribution >= 0.6 is 12.4 Å². The van der Waals surface area contributed by atoms with Crippen LogP contribution in [0.5, 0.6) is 11.5 Å². The molecule has 0 bridgehead atoms. The summed E-state index contributed by atoms with van der Waals surface area (Å²) >= 11 is 0. The summed E-state index contributed by atoms with van der Waals surface area (Å²) < 4.78 is 49.2. The number of hydrogen-bond acceptors (Lipinski definition) is 3. The maximum Gasteiger partial charge on any atom is 0.420 e. The monoisotopic (exact) mass is 339 g/mol. The van der Waals surface area contributed by atoms with Crippen molar-refractivity contribution in [2.24, 2.45) is 0 Å². The normalized spacial score (nSPS) is 21.9. The van der Waals surface area contributed by atoms with Gasteiger partial charge in [0.05, 0.1) is 14.2 Å². The summed E-state index contributed by atoms with van der Waals surface area (Å²) in [6.07, 6.45) is -2.56. The number of methoxy groups -OCH3 is 2. The molecule has 1 aliphatic rings. The average molecular weight is 340 g/mol. The minimum atomic E-state index is -4.46. The molecule has 0 aliphatic carbocycles. The topological polar surface area (TPSA) is 30.5 Å². The fourth-order valence-corrected chi connectivity index (χ4v) is 2.73. The summed E-state index contributed by atoms with van der Waals surface area (Å²) in [5, 5.41) is 3.35. The molecule has 1 heterocycles. The van der Waals surface area contributed by atoms with Gasteiger partial charge >= 0.3 is 6.18 Å². The van der Waals surface area contributed by atoms with Crippen molar-refractivity contribution in [3.8, 4) is 11.5 Å². The van der Waals surface area contributed by atoms with Gasteiger partial charge in [-0.05, 0) is 31.9 Å². The Kier molecular flexibility index (Phi) is 6.38. The van der Waals surface area contributed by atoms with Crippen LogP contribution in [0, 0.1) is 0 Å². The number of ether oxygens (including phenoxy) is 2. The molecule has 2 atom stereocenters. The van der Waals surface area contributed by atoms with Crippen LogP contribution < -0.4 is 14.8 Å². The first-order chi connectivity index (χ1) is 9.86. The fourth-order valence-electron chi connectivity index (χ4n) is 2.73. The van der Waals surface area contributed by atoms with E-state index < -0.39 is 11.7 Å². The Morgan fingerprint density at radius 2 is 1.73 bits per heavy atom. The molecule has 1 saturated heterocycles. The zero-order chi connectivity index (χ0) is 15.6. The van der Waals surface area contributed by atoms with Gasteiger partial charge in [-0.25, -0.2) is 0 Å². The van der Waals surface area contributed by atoms with Crippen LogP contribution in [0.4, 0.5) is 13.2 Å². The van der Waals surface area contributed by atoms with E-state index in [9.17, 15) is 13.2 Å². The van der Waals surface area contributed by atoms with Crippen molar-refractivity contribution in [1.82, 2.24) is 5.32 Å². The Balaban J connectivity index is 0.00000242. The van der Waals surface area contributed by atoms with Crippen molar-refractivity contribution >= 4 is 12.4 Å². The maximum absolute atomic E-state index is 13.0. The Morgan fingerprint density at radius 3 is 2.18 bits per heavy atom. The molecule has 7 heteroatoms. The molecule has 2 unspecified atom stereocenters. The molecule has 2 rings (SSSR count). The summed E-state index contributed by atoms with van der Waals surface area (Å²) in [5.74, 6) is 0.244. The number of alkyl halides is 3. The second-order valence-corrected chi connectivity index (χ2v) is 5.38. The molecule has 1 aromatic carbocycles. The largest absolute Gasteiger partial charge is 0.496 e. The van der Waals surface area contributed by atoms with E-state index in [1.807, 2.05) is 0 Å². The first kappa shape index (κ1) is 18.9. The predicted octanol–water partition coefficient (Wildman–Crippen LogP) is 4.00. The molecule has 126 valence electrons. The van der Waals surface area contributed by atoms with Crippen LogP contribution in [0.1, 0.15) is 36.8 Å². The minimum absolute atomic E-state index is 0. The van der Waals surface area contributed by atoms with Gasteiger partial charge in [-0.15, -0.1) is 12.4 Å². The number of halogens is 4. The van der Waals surface area contributed by atoms with E-state index in [0.717, 1.165) is 31.0 Å². The number of hydrogen-bond donors (Lipinski definition) is 1. The lowest BCUT2D eigenvalue weighted by atomic mass is 9.87. The average Bonchev–Trinajstić information content (AvgIpc) is 2.45. The summed E-state index contributed by atoms with van der Waals surface area (Å²) in [6.45, 7) is 2.83. The van der Waals surface area contributed by atoms with Crippen LogP contribution in [0.25, 0.3) is 0 Å². The number of benzene rings is 1. The maximum atomic E-state index is 13.0. The van der Waals surface area contributed by atoms with Gasteiger partial charge in [-0.2, -0.15) is 13.2 Å². The van der Waals surface area contributed by atoms with Crippen LogP contribution in [0.2, 0.25) is 0 Å². The zero-order valence-corrected chi connectivity index (χ0v) is 13.6. The standard InChI is InChI=1S/C15H20F3NO2.ClH/c1-9-4-5-10(8-19-9)11-6-14(21-3)12(15(16,17)18)7-13(11)20-2;/h6-7,9-10,19H,4-5,8H2,1-3H3;1H. The third-order valence-corrected chi connectivity index (χ3v) is 3.96. The molecule has 0 radical (unpaired) electrons. The summed E-state index contributed by atoms with van der Waals surface area (Å²) in [7, 11) is 2.65. The van der Waals surface area contributed by atoms with Crippen molar-refractivity contribution in [1.29, 1.82) is 0 Å². The molecule has 3 nitrogen and oxygen atoms in total. The van der Waals surface area contributed by atoms with Crippen LogP contribution in [-0.2, 0) is 6.18 Å². The van der Waals surface area contributed by atoms with E-state index in [1.54, 1.807) is 0 Å². The van der Waals surface area contributed by atoms with Crippen molar-refractivity contribution < 1.29 is 22.6 Å². The van der Waals surface area contributed by atoms with E-state index in [2.05, 4.69) is 12.2 Å². The minimum Gasteiger partial charge on any atom is -0.496 e. The van der Waals surface area contributed by atoms with E-state index in [4.69, 9.17) is 9.47 Å². The van der Waals surface area contributed by atoms with E-state index in [-0.39, 0.29) is 29.8 Å². The van der Waals surface area contributed by atoms with Crippen molar-refractivity contribution in [2.75, 3.05) is 20.8 Å². The van der Waals surface area contributed by atoms with Gasteiger partial charge in [-0.1, -0.05) is 0 Å². The summed E-state index contributed by atoms with van der Waals surface area (Å²) in [5.41, 5.74) is -0.0375. The lowest BCUT2D eigenvalue weighted by molar-refractivity contribution is -0.138. The van der Waals surface area contributed by atoms with Gasteiger partial charge in [0, 0.05) is 24.1 Å². The molecule has 22 heavy (non-hydrogen) atoms. The lowest BCUT2D eigenvalue weighted by Crippen LogP contribution is -2.35. The van der Waals surface area contributed by atoms with Gasteiger partial charge in [-0.3, -0.25) is 0 Å². The Labute approximate surface area is 134 Å². The molecule has 0 saturated carbocycles. The highest BCUT2D eigenvalue weighted by Crippen LogP contribution is 2.43. The van der Waals surface area contributed by atoms with Crippen molar-refractivity contribution in [3.63, 3.8) is 0 Å². The number of nitrogens with one attached hydrogen (secondary N) is 1. The van der Waals surface area contributed by atoms with Crippen LogP contribution in [0.3, 0.4) is 0 Å². The van der Waals surface area contributed by atoms with E-state index >= 15 is 0 Å². The first-order valence-electron chi connectivity index (χ1n) is 6.93. The molecule has 0 amide bonds. The predicted molar refractivity (Wildman–Crippen MR) is 81.2 cm³/mol. The Bertz CT molecular complexity index is 500. The van der Waals surface area contributed by atoms with E-state index in [0.29, 0.717) is 6.04 Å². The molecule has 1 fully saturated rings. The van der Waals surface area contributed by atoms with Gasteiger partial charge in [0.1, 0.15) is 17.1 Å². The molecule has 0 aromatic heterocycles. The number of piperidine rings is 1. The second kappa shape index (κ2) is 7.42. The zero-order valence-electron chi connectivity index (χ0n) is 12.8. The molecule has 1 N–H and O–H groups in total. The Morgan fingerprint density at radius 1 is 1.09 bits per heavy atom. The van der Waals surface area contributed by atoms with Crippen molar-refractivity contribution in [3.05, 3.63) is 23.3 Å². The molecular formula is C15H21ClF3NO2. The van der Waals surface area contributed by atoms with Crippen molar-refractivity contribution in [2.45, 2.75) is 37.9 Å². The summed E-state index contributed by atoms with van der Waals surface area (Å²) in [6, 6.07) is 2.93. The molecule has 1 aliphatic heterocycles. The van der Waals surface area contributed by atoms with Crippen LogP contribution in [0.15, 0.2) is 12.1 Å². The highest BCUT2D eigenvalue weighted by Gasteiger charge is 2.36. The SMILES string of the molecule is COc1cc(C(F)(F)F)c(OC)cc1C1CCC(C)NC1.Cl. The highest BCUT2D eigenvalue weighted by molar-refractivity contribution is 5.85. The summed E-state index contributed by atoms with van der Waals surface area (Å²) in [4.78, 5) is 0. The fraction of sp³-hybridized carbons (Fsp3) is 0.600. The second-order valence-electron chi connectivity index (χ2n) is 5.38. The third kappa shape index (κ3) is 3.98. The first-order valence-corrected chi connectivity index (χ1v) is 6.93. The Hall–Kier alpha value is -1.14. The van der Waals surface area contributed by atoms with Gasteiger partial charge in [0.15, 0.2) is 0 Å². The molecule has 1 aromatic rings. The quantitative estimate of drug-likeness (QED) is 0.903. The van der Waals surface area contributed by atoms with E-state index in [1.165, 1.54) is 20.3 Å². The van der Waals surface area contributed by atoms with Gasteiger partial charge < -0.3 is 14.8 Å². The molecular weight excluding hydrogens is 319 g/mol. The third-order valence-electron chi connectivity index (χ3n) is 3.96. The smallest absolute Gasteiger partial charge is 0.420 e. The van der Waals surface area contributed by atoms with Crippen LogP contribution in [-0.4, -0.2) is 26.8 Å². The highest BCUT2D eigenvalue weighted by atomic mass is 35.5.